The Bertz CT molecular complexity index is 1280. The average Bonchev–Trinajstić information content (AvgIpc) is 3.28. The Kier molecular flexibility index (Phi) is 7.04. The van der Waals surface area contributed by atoms with E-state index in [1.807, 2.05) is 48.5 Å². The number of thioether (sulfide) groups is 1. The van der Waals surface area contributed by atoms with Crippen molar-refractivity contribution in [2.24, 2.45) is 7.05 Å². The summed E-state index contributed by atoms with van der Waals surface area (Å²) in [6.07, 6.45) is 4.07. The number of benzene rings is 2. The molecule has 0 bridgehead atoms. The van der Waals surface area contributed by atoms with E-state index in [-0.39, 0.29) is 17.4 Å². The largest absolute Gasteiger partial charge is 0.497 e. The van der Waals surface area contributed by atoms with Crippen LogP contribution in [0.5, 0.6) is 5.75 Å². The van der Waals surface area contributed by atoms with E-state index in [0.29, 0.717) is 28.5 Å². The summed E-state index contributed by atoms with van der Waals surface area (Å²) < 4.78 is 6.85. The van der Waals surface area contributed by atoms with E-state index < -0.39 is 0 Å². The van der Waals surface area contributed by atoms with Gasteiger partial charge < -0.3 is 14.6 Å². The Balaban J connectivity index is 1.41. The molecule has 2 aromatic carbocycles. The molecule has 0 atom stereocenters. The molecule has 168 valence electrons. The molecule has 0 spiro atoms. The maximum absolute atomic E-state index is 13.1. The van der Waals surface area contributed by atoms with Crippen LogP contribution in [-0.4, -0.2) is 45.6 Å². The van der Waals surface area contributed by atoms with Gasteiger partial charge in [-0.05, 0) is 36.2 Å². The number of aryl methyl sites for hydroxylation is 1. The van der Waals surface area contributed by atoms with E-state index in [1.54, 1.807) is 37.2 Å². The molecule has 4 aromatic rings. The van der Waals surface area contributed by atoms with Crippen LogP contribution in [0.2, 0.25) is 0 Å². The predicted octanol–water partition coefficient (Wildman–Crippen LogP) is 3.66. The standard InChI is InChI=1S/C25H24N4O3S/c1-29-14-13-27-25(29)24(31)20-15-23(28-21-6-4-3-5-19(20)21)33-16-22(30)26-12-11-17-7-9-18(32-2)10-8-17/h3-10,13-15H,11-12,16H2,1-2H3,(H,26,30). The van der Waals surface area contributed by atoms with Gasteiger partial charge in [0.25, 0.3) is 0 Å². The van der Waals surface area contributed by atoms with Gasteiger partial charge in [-0.2, -0.15) is 0 Å². The number of hydrogen-bond donors (Lipinski definition) is 1. The summed E-state index contributed by atoms with van der Waals surface area (Å²) in [4.78, 5) is 34.3. The smallest absolute Gasteiger partial charge is 0.230 e. The Hall–Kier alpha value is -3.65. The zero-order valence-corrected chi connectivity index (χ0v) is 19.3. The first-order chi connectivity index (χ1) is 16.0. The number of nitrogens with one attached hydrogen (secondary N) is 1. The van der Waals surface area contributed by atoms with E-state index in [4.69, 9.17) is 4.74 Å². The van der Waals surface area contributed by atoms with Crippen molar-refractivity contribution in [2.75, 3.05) is 19.4 Å². The van der Waals surface area contributed by atoms with Gasteiger partial charge >= 0.3 is 0 Å². The molecule has 0 unspecified atom stereocenters. The third-order valence-electron chi connectivity index (χ3n) is 5.21. The molecule has 1 N–H and O–H groups in total. The van der Waals surface area contributed by atoms with Crippen LogP contribution in [-0.2, 0) is 18.3 Å². The first-order valence-corrected chi connectivity index (χ1v) is 11.5. The number of rotatable bonds is 9. The maximum Gasteiger partial charge on any atom is 0.230 e. The summed E-state index contributed by atoms with van der Waals surface area (Å²) in [5, 5.41) is 4.32. The number of ketones is 1. The molecule has 0 aliphatic carbocycles. The molecule has 7 nitrogen and oxygen atoms in total. The second-order valence-electron chi connectivity index (χ2n) is 7.45. The molecule has 0 saturated heterocycles. The molecule has 1 amide bonds. The molecule has 0 aliphatic rings. The van der Waals surface area contributed by atoms with Crippen LogP contribution in [0.3, 0.4) is 0 Å². The summed E-state index contributed by atoms with van der Waals surface area (Å²) in [6, 6.07) is 17.0. The number of ether oxygens (including phenoxy) is 1. The van der Waals surface area contributed by atoms with Gasteiger partial charge in [0.15, 0.2) is 5.82 Å². The molecule has 2 heterocycles. The molecule has 0 radical (unpaired) electrons. The summed E-state index contributed by atoms with van der Waals surface area (Å²) >= 11 is 1.31. The van der Waals surface area contributed by atoms with E-state index in [1.165, 1.54) is 11.8 Å². The molecular weight excluding hydrogens is 436 g/mol. The number of nitrogens with zero attached hydrogens (tertiary/aromatic N) is 3. The number of imidazole rings is 1. The zero-order chi connectivity index (χ0) is 23.2. The Morgan fingerprint density at radius 3 is 2.64 bits per heavy atom. The zero-order valence-electron chi connectivity index (χ0n) is 18.4. The van der Waals surface area contributed by atoms with Gasteiger partial charge in [0.1, 0.15) is 5.75 Å². The number of methoxy groups -OCH3 is 1. The number of fused-ring (bicyclic) bond motifs is 1. The second-order valence-corrected chi connectivity index (χ2v) is 8.45. The molecule has 8 heteroatoms. The van der Waals surface area contributed by atoms with Crippen molar-refractivity contribution in [3.63, 3.8) is 0 Å². The lowest BCUT2D eigenvalue weighted by Gasteiger charge is -2.09. The van der Waals surface area contributed by atoms with Crippen LogP contribution < -0.4 is 10.1 Å². The number of amides is 1. The monoisotopic (exact) mass is 460 g/mol. The number of carbonyl (C=O) groups is 2. The molecule has 0 aliphatic heterocycles. The number of para-hydroxylation sites is 1. The average molecular weight is 461 g/mol. The Morgan fingerprint density at radius 2 is 1.91 bits per heavy atom. The van der Waals surface area contributed by atoms with Gasteiger partial charge in [-0.1, -0.05) is 42.1 Å². The fourth-order valence-electron chi connectivity index (χ4n) is 3.45. The first-order valence-electron chi connectivity index (χ1n) is 10.5. The quantitative estimate of drug-likeness (QED) is 0.303. The lowest BCUT2D eigenvalue weighted by atomic mass is 10.1. The third-order valence-corrected chi connectivity index (χ3v) is 6.12. The second kappa shape index (κ2) is 10.3. The van der Waals surface area contributed by atoms with Gasteiger partial charge in [-0.3, -0.25) is 9.59 Å². The van der Waals surface area contributed by atoms with Crippen LogP contribution in [0.25, 0.3) is 10.9 Å². The number of pyridine rings is 1. The molecule has 2 aromatic heterocycles. The van der Waals surface area contributed by atoms with Crippen molar-refractivity contribution < 1.29 is 14.3 Å². The number of hydrogen-bond acceptors (Lipinski definition) is 6. The predicted molar refractivity (Wildman–Crippen MR) is 129 cm³/mol. The number of aromatic nitrogens is 3. The molecule has 4 rings (SSSR count). The van der Waals surface area contributed by atoms with Gasteiger partial charge in [-0.15, -0.1) is 0 Å². The Morgan fingerprint density at radius 1 is 1.12 bits per heavy atom. The van der Waals surface area contributed by atoms with E-state index in [0.717, 1.165) is 23.1 Å². The highest BCUT2D eigenvalue weighted by molar-refractivity contribution is 7.99. The molecule has 33 heavy (non-hydrogen) atoms. The van der Waals surface area contributed by atoms with E-state index in [9.17, 15) is 9.59 Å². The maximum atomic E-state index is 13.1. The summed E-state index contributed by atoms with van der Waals surface area (Å²) in [5.41, 5.74) is 2.36. The van der Waals surface area contributed by atoms with E-state index >= 15 is 0 Å². The minimum absolute atomic E-state index is 0.0829. The normalized spacial score (nSPS) is 10.8. The highest BCUT2D eigenvalue weighted by Crippen LogP contribution is 2.26. The summed E-state index contributed by atoms with van der Waals surface area (Å²) in [5.74, 6) is 1.12. The van der Waals surface area contributed by atoms with E-state index in [2.05, 4.69) is 15.3 Å². The highest BCUT2D eigenvalue weighted by atomic mass is 32.2. The van der Waals surface area contributed by atoms with Crippen molar-refractivity contribution in [3.8, 4) is 5.75 Å². The number of carbonyl (C=O) groups excluding carboxylic acids is 2. The topological polar surface area (TPSA) is 86.1 Å². The van der Waals surface area contributed by atoms with Crippen LogP contribution in [0.4, 0.5) is 0 Å². The highest BCUT2D eigenvalue weighted by Gasteiger charge is 2.18. The lowest BCUT2D eigenvalue weighted by molar-refractivity contribution is -0.118. The summed E-state index contributed by atoms with van der Waals surface area (Å²) in [6.45, 7) is 0.541. The minimum atomic E-state index is -0.174. The Labute approximate surface area is 196 Å². The van der Waals surface area contributed by atoms with Crippen molar-refractivity contribution in [1.82, 2.24) is 19.9 Å². The fraction of sp³-hybridized carbons (Fsp3) is 0.200. The molecular formula is C25H24N4O3S. The van der Waals surface area contributed by atoms with Crippen molar-refractivity contribution in [3.05, 3.63) is 83.9 Å². The van der Waals surface area contributed by atoms with Gasteiger partial charge in [0.05, 0.1) is 23.4 Å². The van der Waals surface area contributed by atoms with Crippen LogP contribution in [0.15, 0.2) is 72.0 Å². The third kappa shape index (κ3) is 5.40. The molecule has 0 saturated carbocycles. The van der Waals surface area contributed by atoms with Crippen LogP contribution in [0, 0.1) is 0 Å². The fourth-order valence-corrected chi connectivity index (χ4v) is 4.19. The minimum Gasteiger partial charge on any atom is -0.497 e. The first kappa shape index (κ1) is 22.5. The van der Waals surface area contributed by atoms with Gasteiger partial charge in [-0.25, -0.2) is 9.97 Å². The SMILES string of the molecule is COc1ccc(CCNC(=O)CSc2cc(C(=O)c3nccn3C)c3ccccc3n2)cc1. The molecule has 0 fully saturated rings. The summed E-state index contributed by atoms with van der Waals surface area (Å²) in [7, 11) is 3.42. The van der Waals surface area contributed by atoms with Crippen molar-refractivity contribution in [2.45, 2.75) is 11.4 Å². The van der Waals surface area contributed by atoms with Crippen molar-refractivity contribution in [1.29, 1.82) is 0 Å². The van der Waals surface area contributed by atoms with Crippen LogP contribution in [0.1, 0.15) is 21.7 Å². The van der Waals surface area contributed by atoms with Crippen LogP contribution >= 0.6 is 11.8 Å². The lowest BCUT2D eigenvalue weighted by Crippen LogP contribution is -2.27. The van der Waals surface area contributed by atoms with Gasteiger partial charge in [0.2, 0.25) is 11.7 Å². The van der Waals surface area contributed by atoms with Crippen molar-refractivity contribution >= 4 is 34.4 Å². The van der Waals surface area contributed by atoms with Gasteiger partial charge in [0, 0.05) is 36.9 Å².